The molecule has 5 heteroatoms. The lowest BCUT2D eigenvalue weighted by Crippen LogP contribution is -2.06. The topological polar surface area (TPSA) is 70.2 Å². The van der Waals surface area contributed by atoms with Gasteiger partial charge in [0, 0.05) is 27.9 Å². The first kappa shape index (κ1) is 16.3. The van der Waals surface area contributed by atoms with Gasteiger partial charge in [-0.2, -0.15) is 0 Å². The lowest BCUT2D eigenvalue weighted by atomic mass is 10.00. The number of ketones is 1. The Labute approximate surface area is 144 Å². The van der Waals surface area contributed by atoms with Crippen LogP contribution in [0.3, 0.4) is 0 Å². The minimum atomic E-state index is -0.888. The number of hydrogen-bond acceptors (Lipinski definition) is 2. The van der Waals surface area contributed by atoms with E-state index in [-0.39, 0.29) is 12.2 Å². The molecular formula is C19H16ClNO3. The van der Waals surface area contributed by atoms with Crippen LogP contribution in [0.5, 0.6) is 0 Å². The Bertz CT molecular complexity index is 926. The number of aromatic amines is 1. The van der Waals surface area contributed by atoms with Crippen LogP contribution in [0, 0.1) is 6.92 Å². The molecule has 0 unspecified atom stereocenters. The van der Waals surface area contributed by atoms with Crippen molar-refractivity contribution in [1.82, 2.24) is 4.98 Å². The quantitative estimate of drug-likeness (QED) is 0.677. The molecule has 3 aromatic rings. The summed E-state index contributed by atoms with van der Waals surface area (Å²) in [5, 5.41) is 10.4. The summed E-state index contributed by atoms with van der Waals surface area (Å²) in [6.45, 7) is 1.97. The molecule has 2 aromatic carbocycles. The van der Waals surface area contributed by atoms with Crippen LogP contribution in [-0.4, -0.2) is 21.8 Å². The van der Waals surface area contributed by atoms with Gasteiger partial charge in [0.25, 0.3) is 0 Å². The van der Waals surface area contributed by atoms with E-state index in [0.717, 1.165) is 22.0 Å². The average molecular weight is 342 g/mol. The first-order valence-electron chi connectivity index (χ1n) is 7.59. The van der Waals surface area contributed by atoms with Crippen LogP contribution >= 0.6 is 11.6 Å². The third-order valence-electron chi connectivity index (χ3n) is 3.98. The fourth-order valence-corrected chi connectivity index (χ4v) is 2.93. The van der Waals surface area contributed by atoms with Gasteiger partial charge in [-0.15, -0.1) is 0 Å². The number of benzene rings is 2. The highest BCUT2D eigenvalue weighted by atomic mass is 35.5. The number of halogens is 1. The van der Waals surface area contributed by atoms with E-state index in [2.05, 4.69) is 4.98 Å². The molecule has 0 aliphatic heterocycles. The average Bonchev–Trinajstić information content (AvgIpc) is 2.90. The van der Waals surface area contributed by atoms with Crippen LogP contribution in [0.25, 0.3) is 10.9 Å². The number of carboxylic acid groups (broad SMARTS) is 1. The van der Waals surface area contributed by atoms with Gasteiger partial charge < -0.3 is 10.1 Å². The molecule has 122 valence electrons. The maximum Gasteiger partial charge on any atom is 0.303 e. The van der Waals surface area contributed by atoms with Gasteiger partial charge in [-0.1, -0.05) is 23.7 Å². The molecule has 1 heterocycles. The molecule has 0 bridgehead atoms. The highest BCUT2D eigenvalue weighted by molar-refractivity contribution is 6.30. The highest BCUT2D eigenvalue weighted by Gasteiger charge is 2.19. The molecule has 0 atom stereocenters. The Hall–Kier alpha value is -2.59. The molecule has 0 saturated heterocycles. The fraction of sp³-hybridized carbons (Fsp3) is 0.158. The number of carbonyl (C=O) groups is 2. The molecular weight excluding hydrogens is 326 g/mol. The van der Waals surface area contributed by atoms with Gasteiger partial charge in [-0.05, 0) is 54.8 Å². The number of aromatic nitrogens is 1. The molecule has 0 radical (unpaired) electrons. The van der Waals surface area contributed by atoms with Crippen molar-refractivity contribution in [3.05, 3.63) is 69.9 Å². The normalized spacial score (nSPS) is 10.9. The standard InChI is InChI=1S/C19H16ClNO3/c1-11-2-7-14-15(8-9-17(22)23)18(21-16(14)10-11)19(24)12-3-5-13(20)6-4-12/h2-7,10,21H,8-9H2,1H3,(H,22,23). The molecule has 2 N–H and O–H groups in total. The Balaban J connectivity index is 2.10. The van der Waals surface area contributed by atoms with Crippen LogP contribution in [0.2, 0.25) is 5.02 Å². The summed E-state index contributed by atoms with van der Waals surface area (Å²) in [6, 6.07) is 12.5. The minimum Gasteiger partial charge on any atom is -0.481 e. The van der Waals surface area contributed by atoms with E-state index in [0.29, 0.717) is 22.7 Å². The zero-order valence-electron chi connectivity index (χ0n) is 13.1. The lowest BCUT2D eigenvalue weighted by Gasteiger charge is -2.04. The van der Waals surface area contributed by atoms with E-state index in [1.165, 1.54) is 0 Å². The summed E-state index contributed by atoms with van der Waals surface area (Å²) in [5.41, 5.74) is 3.61. The second-order valence-corrected chi connectivity index (χ2v) is 6.19. The molecule has 0 amide bonds. The number of carboxylic acids is 1. The van der Waals surface area contributed by atoms with Gasteiger partial charge in [0.05, 0.1) is 5.69 Å². The van der Waals surface area contributed by atoms with Crippen LogP contribution in [-0.2, 0) is 11.2 Å². The SMILES string of the molecule is Cc1ccc2c(CCC(=O)O)c(C(=O)c3ccc(Cl)cc3)[nH]c2c1. The van der Waals surface area contributed by atoms with Crippen molar-refractivity contribution in [1.29, 1.82) is 0 Å². The number of H-pyrrole nitrogens is 1. The summed E-state index contributed by atoms with van der Waals surface area (Å²) >= 11 is 5.88. The van der Waals surface area contributed by atoms with Gasteiger partial charge in [0.1, 0.15) is 0 Å². The van der Waals surface area contributed by atoms with Crippen LogP contribution in [0.1, 0.15) is 33.6 Å². The minimum absolute atomic E-state index is 0.0261. The number of carbonyl (C=O) groups excluding carboxylic acids is 1. The van der Waals surface area contributed by atoms with Crippen LogP contribution in [0.4, 0.5) is 0 Å². The van der Waals surface area contributed by atoms with E-state index in [1.54, 1.807) is 24.3 Å². The summed E-state index contributed by atoms with van der Waals surface area (Å²) in [6.07, 6.45) is 0.273. The first-order valence-corrected chi connectivity index (χ1v) is 7.97. The van der Waals surface area contributed by atoms with Gasteiger partial charge in [-0.3, -0.25) is 9.59 Å². The van der Waals surface area contributed by atoms with E-state index in [4.69, 9.17) is 16.7 Å². The fourth-order valence-electron chi connectivity index (χ4n) is 2.80. The molecule has 0 saturated carbocycles. The molecule has 1 aromatic heterocycles. The molecule has 0 fully saturated rings. The Morgan fingerprint density at radius 1 is 1.12 bits per heavy atom. The van der Waals surface area contributed by atoms with Crippen molar-refractivity contribution in [2.75, 3.05) is 0 Å². The molecule has 0 spiro atoms. The predicted octanol–water partition coefficient (Wildman–Crippen LogP) is 4.38. The number of rotatable bonds is 5. The third-order valence-corrected chi connectivity index (χ3v) is 4.24. The van der Waals surface area contributed by atoms with Gasteiger partial charge in [-0.25, -0.2) is 0 Å². The van der Waals surface area contributed by atoms with Gasteiger partial charge in [0.15, 0.2) is 0 Å². The summed E-state index contributed by atoms with van der Waals surface area (Å²) in [5.74, 6) is -1.05. The monoisotopic (exact) mass is 341 g/mol. The van der Waals surface area contributed by atoms with Crippen LogP contribution < -0.4 is 0 Å². The number of fused-ring (bicyclic) bond motifs is 1. The lowest BCUT2D eigenvalue weighted by molar-refractivity contribution is -0.136. The maximum absolute atomic E-state index is 12.9. The Morgan fingerprint density at radius 3 is 2.50 bits per heavy atom. The first-order chi connectivity index (χ1) is 11.5. The van der Waals surface area contributed by atoms with Crippen molar-refractivity contribution < 1.29 is 14.7 Å². The summed E-state index contributed by atoms with van der Waals surface area (Å²) in [7, 11) is 0. The Morgan fingerprint density at radius 2 is 1.83 bits per heavy atom. The van der Waals surface area contributed by atoms with E-state index in [9.17, 15) is 9.59 Å². The molecule has 24 heavy (non-hydrogen) atoms. The van der Waals surface area contributed by atoms with Crippen molar-refractivity contribution in [3.8, 4) is 0 Å². The number of nitrogens with one attached hydrogen (secondary N) is 1. The van der Waals surface area contributed by atoms with Crippen LogP contribution in [0.15, 0.2) is 42.5 Å². The second-order valence-electron chi connectivity index (χ2n) is 5.76. The number of hydrogen-bond donors (Lipinski definition) is 2. The van der Waals surface area contributed by atoms with E-state index < -0.39 is 5.97 Å². The molecule has 0 aliphatic carbocycles. The summed E-state index contributed by atoms with van der Waals surface area (Å²) < 4.78 is 0. The van der Waals surface area contributed by atoms with Crippen molar-refractivity contribution in [3.63, 3.8) is 0 Å². The Kier molecular flexibility index (Phi) is 4.40. The molecule has 4 nitrogen and oxygen atoms in total. The zero-order chi connectivity index (χ0) is 17.3. The smallest absolute Gasteiger partial charge is 0.303 e. The van der Waals surface area contributed by atoms with E-state index >= 15 is 0 Å². The summed E-state index contributed by atoms with van der Waals surface area (Å²) in [4.78, 5) is 27.0. The predicted molar refractivity (Wildman–Crippen MR) is 93.9 cm³/mol. The number of aliphatic carboxylic acids is 1. The van der Waals surface area contributed by atoms with Crippen molar-refractivity contribution >= 4 is 34.3 Å². The number of aryl methyl sites for hydroxylation is 2. The highest BCUT2D eigenvalue weighted by Crippen LogP contribution is 2.27. The zero-order valence-corrected chi connectivity index (χ0v) is 13.9. The van der Waals surface area contributed by atoms with Gasteiger partial charge in [0.2, 0.25) is 5.78 Å². The van der Waals surface area contributed by atoms with Gasteiger partial charge >= 0.3 is 5.97 Å². The maximum atomic E-state index is 12.9. The van der Waals surface area contributed by atoms with Crippen molar-refractivity contribution in [2.45, 2.75) is 19.8 Å². The molecule has 3 rings (SSSR count). The largest absolute Gasteiger partial charge is 0.481 e. The second kappa shape index (κ2) is 6.49. The molecule has 0 aliphatic rings. The van der Waals surface area contributed by atoms with Crippen molar-refractivity contribution in [2.24, 2.45) is 0 Å². The third kappa shape index (κ3) is 3.19. The van der Waals surface area contributed by atoms with E-state index in [1.807, 2.05) is 25.1 Å².